The maximum Gasteiger partial charge on any atom is 0.0454 e. The van der Waals surface area contributed by atoms with E-state index in [2.05, 4.69) is 10.6 Å². The van der Waals surface area contributed by atoms with E-state index in [1.54, 1.807) is 0 Å². The Bertz CT molecular complexity index is 31.2. The lowest BCUT2D eigenvalue weighted by molar-refractivity contribution is 0.498. The molecule has 0 saturated carbocycles. The van der Waals surface area contributed by atoms with Gasteiger partial charge in [0.25, 0.3) is 0 Å². The van der Waals surface area contributed by atoms with Crippen molar-refractivity contribution in [1.82, 2.24) is 10.6 Å². The highest BCUT2D eigenvalue weighted by molar-refractivity contribution is 4.53. The largest absolute Gasteiger partial charge is 0.304 e. The third-order valence-electron chi connectivity index (χ3n) is 1.46. The molecule has 2 nitrogen and oxygen atoms in total. The maximum absolute atomic E-state index is 3.28. The normalized spacial score (nSPS) is 19.8. The highest BCUT2D eigenvalue weighted by Gasteiger charge is 1.92. The molecule has 1 fully saturated rings. The van der Waals surface area contributed by atoms with Crippen LogP contribution in [0, 0.1) is 0 Å². The zero-order valence-electron chi connectivity index (χ0n) is 7.24. The zero-order valence-corrected chi connectivity index (χ0v) is 7.24. The van der Waals surface area contributed by atoms with Crippen molar-refractivity contribution in [3.05, 3.63) is 0 Å². The van der Waals surface area contributed by atoms with Crippen molar-refractivity contribution in [1.29, 1.82) is 0 Å². The molecule has 0 bridgehead atoms. The second-order valence-corrected chi connectivity index (χ2v) is 2.24. The fourth-order valence-electron chi connectivity index (χ4n) is 0.942. The molecule has 1 heterocycles. The molecule has 0 aromatic carbocycles. The Labute approximate surface area is 64.4 Å². The van der Waals surface area contributed by atoms with Crippen molar-refractivity contribution in [3.63, 3.8) is 0 Å². The minimum Gasteiger partial charge on any atom is -0.304 e. The minimum atomic E-state index is 1.00. The van der Waals surface area contributed by atoms with Gasteiger partial charge in [-0.05, 0) is 25.9 Å². The summed E-state index contributed by atoms with van der Waals surface area (Å²) in [4.78, 5) is 0. The van der Waals surface area contributed by atoms with Gasteiger partial charge in [-0.3, -0.25) is 0 Å². The minimum absolute atomic E-state index is 1.00. The van der Waals surface area contributed by atoms with Crippen molar-refractivity contribution in [2.45, 2.75) is 33.1 Å². The van der Waals surface area contributed by atoms with E-state index < -0.39 is 0 Å². The summed E-state index contributed by atoms with van der Waals surface area (Å²) < 4.78 is 0. The molecule has 2 N–H and O–H groups in total. The second kappa shape index (κ2) is 8.92. The van der Waals surface area contributed by atoms with E-state index in [0.717, 1.165) is 6.67 Å². The first kappa shape index (κ1) is 9.92. The molecule has 1 saturated heterocycles. The van der Waals surface area contributed by atoms with Gasteiger partial charge >= 0.3 is 0 Å². The van der Waals surface area contributed by atoms with Crippen molar-refractivity contribution in [2.24, 2.45) is 0 Å². The number of rotatable bonds is 0. The lowest BCUT2D eigenvalue weighted by atomic mass is 10.2. The quantitative estimate of drug-likeness (QED) is 0.536. The molecule has 0 radical (unpaired) electrons. The molecule has 0 aliphatic carbocycles. The first-order valence-corrected chi connectivity index (χ1v) is 4.41. The zero-order chi connectivity index (χ0) is 7.66. The Hall–Kier alpha value is -0.0800. The molecule has 0 aromatic rings. The van der Waals surface area contributed by atoms with Crippen molar-refractivity contribution >= 4 is 0 Å². The summed E-state index contributed by atoms with van der Waals surface area (Å²) >= 11 is 0. The van der Waals surface area contributed by atoms with E-state index in [4.69, 9.17) is 0 Å². The van der Waals surface area contributed by atoms with Gasteiger partial charge in [-0.1, -0.05) is 20.3 Å². The fraction of sp³-hybridized carbons (Fsp3) is 1.00. The molecule has 1 aliphatic rings. The van der Waals surface area contributed by atoms with E-state index in [0.29, 0.717) is 0 Å². The predicted octanol–water partition coefficient (Wildman–Crippen LogP) is 1.33. The third-order valence-corrected chi connectivity index (χ3v) is 1.46. The molecular weight excluding hydrogens is 124 g/mol. The van der Waals surface area contributed by atoms with Crippen LogP contribution in [0.25, 0.3) is 0 Å². The molecule has 1 aliphatic heterocycles. The van der Waals surface area contributed by atoms with Crippen LogP contribution in [0.5, 0.6) is 0 Å². The topological polar surface area (TPSA) is 24.1 Å². The lowest BCUT2D eigenvalue weighted by Gasteiger charge is -2.10. The van der Waals surface area contributed by atoms with Crippen molar-refractivity contribution in [3.8, 4) is 0 Å². The molecular formula is C8H20N2. The average Bonchev–Trinajstić information content (AvgIpc) is 1.90. The van der Waals surface area contributed by atoms with E-state index in [9.17, 15) is 0 Å². The van der Waals surface area contributed by atoms with Crippen LogP contribution >= 0.6 is 0 Å². The summed E-state index contributed by atoms with van der Waals surface area (Å²) in [6.07, 6.45) is 4.07. The van der Waals surface area contributed by atoms with Crippen LogP contribution in [0.15, 0.2) is 0 Å². The summed E-state index contributed by atoms with van der Waals surface area (Å²) in [5.41, 5.74) is 0. The monoisotopic (exact) mass is 144 g/mol. The molecule has 10 heavy (non-hydrogen) atoms. The molecule has 1 rings (SSSR count). The van der Waals surface area contributed by atoms with Gasteiger partial charge in [0.1, 0.15) is 0 Å². The third kappa shape index (κ3) is 6.05. The highest BCUT2D eigenvalue weighted by Crippen LogP contribution is 1.93. The summed E-state index contributed by atoms with van der Waals surface area (Å²) in [5.74, 6) is 0. The summed E-state index contributed by atoms with van der Waals surface area (Å²) in [7, 11) is 0. The van der Waals surface area contributed by atoms with Crippen LogP contribution in [0.3, 0.4) is 0 Å². The molecule has 0 atom stereocenters. The Balaban J connectivity index is 0.000000371. The van der Waals surface area contributed by atoms with Crippen LogP contribution in [-0.4, -0.2) is 19.8 Å². The van der Waals surface area contributed by atoms with E-state index in [1.807, 2.05) is 13.8 Å². The molecule has 62 valence electrons. The van der Waals surface area contributed by atoms with E-state index in [-0.39, 0.29) is 0 Å². The number of hydrogen-bond donors (Lipinski definition) is 2. The van der Waals surface area contributed by atoms with Gasteiger partial charge in [-0.15, -0.1) is 0 Å². The number of nitrogens with one attached hydrogen (secondary N) is 2. The van der Waals surface area contributed by atoms with Crippen LogP contribution in [0.1, 0.15) is 33.1 Å². The molecule has 2 heteroatoms. The summed E-state index contributed by atoms with van der Waals surface area (Å²) in [6.45, 7) is 7.38. The molecule has 0 spiro atoms. The standard InChI is InChI=1S/C6H14N2.C2H6/c1-2-4-7-6-8-5-3-1;1-2/h7-8H,1-6H2;1-2H3. The lowest BCUT2D eigenvalue weighted by Crippen LogP contribution is -2.32. The van der Waals surface area contributed by atoms with E-state index >= 15 is 0 Å². The first-order chi connectivity index (χ1) is 5.00. The van der Waals surface area contributed by atoms with Crippen molar-refractivity contribution < 1.29 is 0 Å². The Kier molecular flexibility index (Phi) is 8.85. The van der Waals surface area contributed by atoms with Gasteiger partial charge < -0.3 is 10.6 Å². The summed E-state index contributed by atoms with van der Waals surface area (Å²) in [6, 6.07) is 0. The highest BCUT2D eigenvalue weighted by atomic mass is 15.1. The van der Waals surface area contributed by atoms with Crippen molar-refractivity contribution in [2.75, 3.05) is 19.8 Å². The van der Waals surface area contributed by atoms with Gasteiger partial charge in [0.05, 0.1) is 0 Å². The Morgan fingerprint density at radius 3 is 1.80 bits per heavy atom. The average molecular weight is 144 g/mol. The SMILES string of the molecule is C1CCNCNCC1.CC. The van der Waals surface area contributed by atoms with Gasteiger partial charge in [0.2, 0.25) is 0 Å². The fourth-order valence-corrected chi connectivity index (χ4v) is 0.942. The predicted molar refractivity (Wildman–Crippen MR) is 46.1 cm³/mol. The van der Waals surface area contributed by atoms with Gasteiger partial charge in [0.15, 0.2) is 0 Å². The van der Waals surface area contributed by atoms with Gasteiger partial charge in [-0.2, -0.15) is 0 Å². The molecule has 0 amide bonds. The second-order valence-electron chi connectivity index (χ2n) is 2.24. The van der Waals surface area contributed by atoms with E-state index in [1.165, 1.54) is 32.4 Å². The van der Waals surface area contributed by atoms with Crippen LogP contribution < -0.4 is 10.6 Å². The first-order valence-electron chi connectivity index (χ1n) is 4.41. The van der Waals surface area contributed by atoms with Crippen LogP contribution in [0.2, 0.25) is 0 Å². The van der Waals surface area contributed by atoms with Gasteiger partial charge in [0, 0.05) is 6.67 Å². The van der Waals surface area contributed by atoms with Crippen LogP contribution in [0.4, 0.5) is 0 Å². The van der Waals surface area contributed by atoms with Crippen LogP contribution in [-0.2, 0) is 0 Å². The smallest absolute Gasteiger partial charge is 0.0454 e. The Morgan fingerprint density at radius 2 is 1.30 bits per heavy atom. The Morgan fingerprint density at radius 1 is 0.800 bits per heavy atom. The van der Waals surface area contributed by atoms with Gasteiger partial charge in [-0.25, -0.2) is 0 Å². The molecule has 0 aromatic heterocycles. The number of hydrogen-bond acceptors (Lipinski definition) is 2. The maximum atomic E-state index is 3.28. The summed E-state index contributed by atoms with van der Waals surface area (Å²) in [5, 5.41) is 6.55. The molecule has 0 unspecified atom stereocenters.